The number of pyridine rings is 1. The van der Waals surface area contributed by atoms with Gasteiger partial charge in [0.25, 0.3) is 0 Å². The molecule has 6 rings (SSSR count). The van der Waals surface area contributed by atoms with Gasteiger partial charge >= 0.3 is 12.0 Å². The first kappa shape index (κ1) is 23.8. The molecule has 3 heterocycles. The van der Waals surface area contributed by atoms with Crippen molar-refractivity contribution in [2.75, 3.05) is 16.8 Å². The van der Waals surface area contributed by atoms with Gasteiger partial charge in [0, 0.05) is 23.4 Å². The number of urea groups is 1. The molecule has 2 amide bonds. The summed E-state index contributed by atoms with van der Waals surface area (Å²) in [5, 5.41) is 13.5. The zero-order valence-corrected chi connectivity index (χ0v) is 21.5. The minimum Gasteiger partial charge on any atom is -0.476 e. The molecule has 7 nitrogen and oxygen atoms in total. The van der Waals surface area contributed by atoms with E-state index >= 15 is 0 Å². The van der Waals surface area contributed by atoms with Crippen molar-refractivity contribution < 1.29 is 14.7 Å². The van der Waals surface area contributed by atoms with Crippen molar-refractivity contribution in [2.24, 2.45) is 0 Å². The Morgan fingerprint density at radius 2 is 1.76 bits per heavy atom. The molecule has 0 saturated carbocycles. The van der Waals surface area contributed by atoms with E-state index in [1.165, 1.54) is 11.3 Å². The Hall–Kier alpha value is -4.56. The number of aromatic carboxylic acids is 1. The van der Waals surface area contributed by atoms with Crippen LogP contribution in [0.1, 0.15) is 28.0 Å². The van der Waals surface area contributed by atoms with E-state index in [0.29, 0.717) is 22.9 Å². The summed E-state index contributed by atoms with van der Waals surface area (Å²) in [5.41, 5.74) is 6.41. The van der Waals surface area contributed by atoms with E-state index in [0.717, 1.165) is 51.0 Å². The van der Waals surface area contributed by atoms with Crippen molar-refractivity contribution in [3.63, 3.8) is 0 Å². The molecule has 0 bridgehead atoms. The van der Waals surface area contributed by atoms with Crippen LogP contribution in [0.3, 0.4) is 0 Å². The van der Waals surface area contributed by atoms with Crippen LogP contribution < -0.4 is 10.2 Å². The van der Waals surface area contributed by atoms with Crippen LogP contribution in [0.4, 0.5) is 15.6 Å². The fraction of sp³-hybridized carbons (Fsp3) is 0.133. The van der Waals surface area contributed by atoms with Gasteiger partial charge in [-0.3, -0.25) is 10.2 Å². The van der Waals surface area contributed by atoms with Gasteiger partial charge in [0.15, 0.2) is 10.8 Å². The Kier molecular flexibility index (Phi) is 6.09. The zero-order valence-electron chi connectivity index (χ0n) is 20.6. The first-order valence-electron chi connectivity index (χ1n) is 12.4. The van der Waals surface area contributed by atoms with Crippen LogP contribution in [0.15, 0.2) is 78.9 Å². The maximum absolute atomic E-state index is 13.3. The molecule has 2 N–H and O–H groups in total. The second-order valence-corrected chi connectivity index (χ2v) is 10.3. The lowest BCUT2D eigenvalue weighted by Crippen LogP contribution is -2.38. The van der Waals surface area contributed by atoms with Crippen LogP contribution in [0, 0.1) is 6.92 Å². The molecule has 8 heteroatoms. The molecule has 0 saturated heterocycles. The summed E-state index contributed by atoms with van der Waals surface area (Å²) in [6, 6.07) is 24.7. The monoisotopic (exact) mass is 520 g/mol. The Morgan fingerprint density at radius 1 is 0.947 bits per heavy atom. The number of nitrogens with one attached hydrogen (secondary N) is 1. The Morgan fingerprint density at radius 3 is 2.58 bits per heavy atom. The quantitative estimate of drug-likeness (QED) is 0.266. The van der Waals surface area contributed by atoms with Crippen molar-refractivity contribution >= 4 is 44.4 Å². The van der Waals surface area contributed by atoms with Crippen LogP contribution in [-0.2, 0) is 6.42 Å². The number of rotatable bonds is 4. The third-order valence-corrected chi connectivity index (χ3v) is 7.74. The number of hydrogen-bond donors (Lipinski definition) is 2. The van der Waals surface area contributed by atoms with E-state index < -0.39 is 5.97 Å². The van der Waals surface area contributed by atoms with Crippen molar-refractivity contribution in [1.29, 1.82) is 0 Å². The minimum atomic E-state index is -1.08. The number of nitrogens with zero attached hydrogens (tertiary/aromatic N) is 3. The molecular formula is C30H24N4O3S. The van der Waals surface area contributed by atoms with Crippen LogP contribution in [0.2, 0.25) is 0 Å². The average molecular weight is 521 g/mol. The number of carboxylic acid groups (broad SMARTS) is 1. The minimum absolute atomic E-state index is 0.0000409. The molecule has 5 aromatic rings. The maximum Gasteiger partial charge on any atom is 0.355 e. The van der Waals surface area contributed by atoms with E-state index in [9.17, 15) is 14.7 Å². The third-order valence-electron chi connectivity index (χ3n) is 6.79. The van der Waals surface area contributed by atoms with Gasteiger partial charge in [-0.25, -0.2) is 19.6 Å². The molecule has 0 atom stereocenters. The predicted octanol–water partition coefficient (Wildman–Crippen LogP) is 7.02. The Labute approximate surface area is 223 Å². The van der Waals surface area contributed by atoms with Gasteiger partial charge in [0.2, 0.25) is 0 Å². The lowest BCUT2D eigenvalue weighted by Gasteiger charge is -2.29. The number of carbonyl (C=O) groups excluding carboxylic acids is 1. The molecule has 0 fully saturated rings. The number of amides is 2. The summed E-state index contributed by atoms with van der Waals surface area (Å²) in [4.78, 5) is 36.3. The van der Waals surface area contributed by atoms with Gasteiger partial charge in [0.05, 0.1) is 15.9 Å². The van der Waals surface area contributed by atoms with Gasteiger partial charge in [-0.15, -0.1) is 0 Å². The number of para-hydroxylation sites is 1. The summed E-state index contributed by atoms with van der Waals surface area (Å²) >= 11 is 1.44. The van der Waals surface area contributed by atoms with E-state index in [1.807, 2.05) is 85.8 Å². The highest BCUT2D eigenvalue weighted by atomic mass is 32.1. The summed E-state index contributed by atoms with van der Waals surface area (Å²) in [5.74, 6) is -1.08. The number of aromatic nitrogens is 2. The second-order valence-electron chi connectivity index (χ2n) is 9.23. The highest BCUT2D eigenvalue weighted by Gasteiger charge is 2.25. The predicted molar refractivity (Wildman–Crippen MR) is 151 cm³/mol. The van der Waals surface area contributed by atoms with Crippen LogP contribution >= 0.6 is 11.3 Å². The van der Waals surface area contributed by atoms with E-state index in [2.05, 4.69) is 15.3 Å². The normalized spacial score (nSPS) is 12.8. The van der Waals surface area contributed by atoms with E-state index in [4.69, 9.17) is 0 Å². The SMILES string of the molecule is Cc1ccccc1-c1ccc(-c2ccc3c(c2)N(C(=O)Nc2nc4ccccc4s2)CCC3)nc1C(=O)O. The Bertz CT molecular complexity index is 1680. The first-order valence-corrected chi connectivity index (χ1v) is 13.2. The first-order chi connectivity index (χ1) is 18.5. The summed E-state index contributed by atoms with van der Waals surface area (Å²) in [7, 11) is 0. The molecular weight excluding hydrogens is 496 g/mol. The van der Waals surface area contributed by atoms with Crippen molar-refractivity contribution in [2.45, 2.75) is 19.8 Å². The van der Waals surface area contributed by atoms with Crippen molar-refractivity contribution in [1.82, 2.24) is 9.97 Å². The van der Waals surface area contributed by atoms with Gasteiger partial charge in [0.1, 0.15) is 0 Å². The molecule has 0 unspecified atom stereocenters. The fourth-order valence-electron chi connectivity index (χ4n) is 4.90. The molecule has 0 spiro atoms. The standard InChI is InChI=1S/C30H24N4O3S/c1-18-7-2-3-9-21(18)22-14-15-23(31-27(22)28(35)36)20-13-12-19-8-6-16-34(25(19)17-20)30(37)33-29-32-24-10-4-5-11-26(24)38-29/h2-5,7,9-15,17H,6,8,16H2,1H3,(H,35,36)(H,32,33,37). The molecule has 0 radical (unpaired) electrons. The smallest absolute Gasteiger partial charge is 0.355 e. The molecule has 38 heavy (non-hydrogen) atoms. The number of carboxylic acids is 1. The number of benzene rings is 3. The maximum atomic E-state index is 13.3. The molecule has 1 aliphatic heterocycles. The lowest BCUT2D eigenvalue weighted by molar-refractivity contribution is 0.0691. The molecule has 2 aromatic heterocycles. The summed E-state index contributed by atoms with van der Waals surface area (Å²) in [6.07, 6.45) is 1.71. The second kappa shape index (κ2) is 9.72. The molecule has 3 aromatic carbocycles. The topological polar surface area (TPSA) is 95.4 Å². The highest BCUT2D eigenvalue weighted by molar-refractivity contribution is 7.22. The van der Waals surface area contributed by atoms with E-state index in [-0.39, 0.29) is 11.7 Å². The largest absolute Gasteiger partial charge is 0.476 e. The highest BCUT2D eigenvalue weighted by Crippen LogP contribution is 2.34. The summed E-state index contributed by atoms with van der Waals surface area (Å²) in [6.45, 7) is 2.53. The van der Waals surface area contributed by atoms with Crippen molar-refractivity contribution in [3.8, 4) is 22.4 Å². The van der Waals surface area contributed by atoms with Crippen LogP contribution in [0.25, 0.3) is 32.6 Å². The number of fused-ring (bicyclic) bond motifs is 2. The van der Waals surface area contributed by atoms with Crippen LogP contribution in [-0.4, -0.2) is 33.6 Å². The Balaban J connectivity index is 1.34. The average Bonchev–Trinajstić information content (AvgIpc) is 3.34. The third kappa shape index (κ3) is 4.39. The van der Waals surface area contributed by atoms with Crippen LogP contribution in [0.5, 0.6) is 0 Å². The summed E-state index contributed by atoms with van der Waals surface area (Å²) < 4.78 is 1.01. The molecule has 0 aliphatic carbocycles. The number of carbonyl (C=O) groups is 2. The number of thiazole rings is 1. The van der Waals surface area contributed by atoms with Crippen molar-refractivity contribution in [3.05, 3.63) is 95.7 Å². The van der Waals surface area contributed by atoms with Gasteiger partial charge in [-0.2, -0.15) is 0 Å². The number of hydrogen-bond acceptors (Lipinski definition) is 5. The van der Waals surface area contributed by atoms with Gasteiger partial charge in [-0.05, 0) is 66.8 Å². The van der Waals surface area contributed by atoms with Gasteiger partial charge in [-0.1, -0.05) is 59.9 Å². The zero-order chi connectivity index (χ0) is 26.2. The van der Waals surface area contributed by atoms with E-state index in [1.54, 1.807) is 4.90 Å². The molecule has 1 aliphatic rings. The van der Waals surface area contributed by atoms with Gasteiger partial charge < -0.3 is 5.11 Å². The lowest BCUT2D eigenvalue weighted by atomic mass is 9.96. The fourth-order valence-corrected chi connectivity index (χ4v) is 5.76. The molecule has 188 valence electrons. The number of anilines is 2. The number of aryl methyl sites for hydroxylation is 2.